The number of carbonyl (C=O) groups is 1. The number of aliphatic carboxylic acids is 1. The molecule has 1 atom stereocenters. The Labute approximate surface area is 145 Å². The lowest BCUT2D eigenvalue weighted by Gasteiger charge is -2.22. The third kappa shape index (κ3) is 3.69. The van der Waals surface area contributed by atoms with Crippen molar-refractivity contribution in [2.75, 3.05) is 0 Å². The monoisotopic (exact) mass is 369 g/mol. The van der Waals surface area contributed by atoms with E-state index in [4.69, 9.17) is 5.11 Å². The van der Waals surface area contributed by atoms with Gasteiger partial charge in [-0.3, -0.25) is 9.48 Å². The van der Waals surface area contributed by atoms with Crippen LogP contribution in [0, 0.1) is 0 Å². The summed E-state index contributed by atoms with van der Waals surface area (Å²) in [5, 5.41) is 25.5. The van der Waals surface area contributed by atoms with Crippen molar-refractivity contribution in [3.05, 3.63) is 53.3 Å². The Morgan fingerprint density at radius 3 is 2.54 bits per heavy atom. The summed E-state index contributed by atoms with van der Waals surface area (Å²) in [4.78, 5) is 14.8. The fourth-order valence-electron chi connectivity index (χ4n) is 2.50. The first-order valence-corrected chi connectivity index (χ1v) is 7.53. The van der Waals surface area contributed by atoms with Crippen molar-refractivity contribution in [1.82, 2.24) is 9.78 Å². The zero-order valence-electron chi connectivity index (χ0n) is 13.3. The van der Waals surface area contributed by atoms with Crippen LogP contribution in [0.4, 0.5) is 13.2 Å². The summed E-state index contributed by atoms with van der Waals surface area (Å²) in [5.41, 5.74) is 2.07. The molecule has 1 aromatic heterocycles. The fraction of sp³-hybridized carbons (Fsp3) is 0.312. The number of oxime groups is 1. The number of benzene rings is 1. The maximum Gasteiger partial charge on any atom is 0.458 e. The summed E-state index contributed by atoms with van der Waals surface area (Å²) in [6.07, 6.45) is -2.07. The second kappa shape index (κ2) is 6.45. The van der Waals surface area contributed by atoms with E-state index in [0.29, 0.717) is 12.0 Å². The molecule has 0 radical (unpaired) electrons. The molecule has 138 valence electrons. The summed E-state index contributed by atoms with van der Waals surface area (Å²) in [5.74, 6) is -4.29. The Hall–Kier alpha value is -2.88. The minimum atomic E-state index is -4.94. The highest BCUT2D eigenvalue weighted by Gasteiger charge is 2.60. The van der Waals surface area contributed by atoms with Gasteiger partial charge in [-0.15, -0.1) is 0 Å². The highest BCUT2D eigenvalue weighted by Crippen LogP contribution is 2.38. The van der Waals surface area contributed by atoms with Gasteiger partial charge in [-0.2, -0.15) is 18.3 Å². The first-order valence-electron chi connectivity index (χ1n) is 7.53. The molecule has 26 heavy (non-hydrogen) atoms. The molecule has 0 saturated heterocycles. The van der Waals surface area contributed by atoms with E-state index in [9.17, 15) is 23.1 Å². The van der Waals surface area contributed by atoms with Gasteiger partial charge in [-0.25, -0.2) is 0 Å². The summed E-state index contributed by atoms with van der Waals surface area (Å²) in [6.45, 7) is -0.235. The number of nitrogens with zero attached hydrogens (tertiary/aromatic N) is 3. The SMILES string of the molecule is O=C(O)Cn1cc(Cc2ccc(C3=NOC(O)(C(F)(F)F)C3)cc2)cn1. The molecule has 2 aromatic rings. The van der Waals surface area contributed by atoms with E-state index < -0.39 is 24.4 Å². The van der Waals surface area contributed by atoms with E-state index >= 15 is 0 Å². The average Bonchev–Trinajstić information content (AvgIpc) is 3.15. The third-order valence-electron chi connectivity index (χ3n) is 3.84. The largest absolute Gasteiger partial charge is 0.480 e. The fourth-order valence-corrected chi connectivity index (χ4v) is 2.50. The predicted octanol–water partition coefficient (Wildman–Crippen LogP) is 1.93. The molecule has 1 aromatic carbocycles. The molecule has 0 spiro atoms. The van der Waals surface area contributed by atoms with Crippen LogP contribution in [0.2, 0.25) is 0 Å². The van der Waals surface area contributed by atoms with Crippen LogP contribution in [0.5, 0.6) is 0 Å². The number of carboxylic acid groups (broad SMARTS) is 1. The van der Waals surface area contributed by atoms with Crippen LogP contribution in [-0.2, 0) is 22.6 Å². The van der Waals surface area contributed by atoms with Crippen LogP contribution in [0.25, 0.3) is 0 Å². The van der Waals surface area contributed by atoms with Gasteiger partial charge in [0.1, 0.15) is 6.54 Å². The molecule has 7 nitrogen and oxygen atoms in total. The first-order chi connectivity index (χ1) is 12.2. The Bertz CT molecular complexity index is 845. The van der Waals surface area contributed by atoms with Crippen LogP contribution in [0.3, 0.4) is 0 Å². The van der Waals surface area contributed by atoms with Crippen molar-refractivity contribution in [2.24, 2.45) is 5.16 Å². The van der Waals surface area contributed by atoms with Crippen molar-refractivity contribution in [3.63, 3.8) is 0 Å². The number of aromatic nitrogens is 2. The van der Waals surface area contributed by atoms with Crippen molar-refractivity contribution < 1.29 is 33.0 Å². The summed E-state index contributed by atoms with van der Waals surface area (Å²) in [6, 6.07) is 6.58. The highest BCUT2D eigenvalue weighted by molar-refractivity contribution is 6.01. The van der Waals surface area contributed by atoms with Gasteiger partial charge in [0.25, 0.3) is 0 Å². The maximum absolute atomic E-state index is 12.7. The van der Waals surface area contributed by atoms with Crippen molar-refractivity contribution in [2.45, 2.75) is 31.3 Å². The molecule has 0 bridgehead atoms. The summed E-state index contributed by atoms with van der Waals surface area (Å²) >= 11 is 0. The molecular weight excluding hydrogens is 355 g/mol. The summed E-state index contributed by atoms with van der Waals surface area (Å²) in [7, 11) is 0. The average molecular weight is 369 g/mol. The van der Waals surface area contributed by atoms with Gasteiger partial charge in [0, 0.05) is 12.6 Å². The van der Waals surface area contributed by atoms with Gasteiger partial charge in [0.15, 0.2) is 0 Å². The van der Waals surface area contributed by atoms with Gasteiger partial charge in [0.2, 0.25) is 0 Å². The van der Waals surface area contributed by atoms with Gasteiger partial charge in [-0.05, 0) is 16.7 Å². The number of aliphatic hydroxyl groups is 1. The Morgan fingerprint density at radius 1 is 1.27 bits per heavy atom. The molecule has 0 amide bonds. The lowest BCUT2D eigenvalue weighted by atomic mass is 10.00. The summed E-state index contributed by atoms with van der Waals surface area (Å²) < 4.78 is 39.5. The standard InChI is InChI=1S/C16H14F3N3O4/c17-16(18,19)15(25)6-13(21-26-15)12-3-1-10(2-4-12)5-11-7-20-22(8-11)9-14(23)24/h1-4,7-8,25H,5-6,9H2,(H,23,24). The molecule has 1 unspecified atom stereocenters. The first kappa shape index (κ1) is 17.9. The van der Waals surface area contributed by atoms with Crippen molar-refractivity contribution in [1.29, 1.82) is 0 Å². The Kier molecular flexibility index (Phi) is 4.45. The third-order valence-corrected chi connectivity index (χ3v) is 3.84. The quantitative estimate of drug-likeness (QED) is 0.840. The molecule has 1 aliphatic heterocycles. The highest BCUT2D eigenvalue weighted by atomic mass is 19.4. The molecule has 0 saturated carbocycles. The molecule has 3 rings (SSSR count). The van der Waals surface area contributed by atoms with Gasteiger partial charge >= 0.3 is 17.9 Å². The van der Waals surface area contributed by atoms with E-state index in [1.165, 1.54) is 4.68 Å². The van der Waals surface area contributed by atoms with Crippen LogP contribution >= 0.6 is 0 Å². The molecule has 10 heteroatoms. The van der Waals surface area contributed by atoms with E-state index in [0.717, 1.165) is 11.1 Å². The number of halogens is 3. The van der Waals surface area contributed by atoms with Gasteiger partial charge < -0.3 is 15.1 Å². The molecule has 2 N–H and O–H groups in total. The van der Waals surface area contributed by atoms with E-state index in [1.54, 1.807) is 36.7 Å². The lowest BCUT2D eigenvalue weighted by molar-refractivity contribution is -0.355. The Balaban J connectivity index is 1.66. The number of rotatable bonds is 5. The van der Waals surface area contributed by atoms with Crippen molar-refractivity contribution in [3.8, 4) is 0 Å². The maximum atomic E-state index is 12.7. The second-order valence-electron chi connectivity index (χ2n) is 5.90. The minimum Gasteiger partial charge on any atom is -0.480 e. The Morgan fingerprint density at radius 2 is 1.96 bits per heavy atom. The molecule has 1 aliphatic rings. The van der Waals surface area contributed by atoms with Crippen LogP contribution in [0.15, 0.2) is 41.8 Å². The molecular formula is C16H14F3N3O4. The van der Waals surface area contributed by atoms with E-state index in [2.05, 4.69) is 15.1 Å². The number of carboxylic acids is 1. The topological polar surface area (TPSA) is 96.9 Å². The second-order valence-corrected chi connectivity index (χ2v) is 5.90. The van der Waals surface area contributed by atoms with Gasteiger partial charge in [0.05, 0.1) is 18.3 Å². The van der Waals surface area contributed by atoms with E-state index in [-0.39, 0.29) is 12.3 Å². The number of alkyl halides is 3. The van der Waals surface area contributed by atoms with Crippen LogP contribution in [-0.4, -0.2) is 43.6 Å². The van der Waals surface area contributed by atoms with E-state index in [1.807, 2.05) is 0 Å². The molecule has 0 fully saturated rings. The van der Waals surface area contributed by atoms with Gasteiger partial charge in [-0.1, -0.05) is 29.4 Å². The normalized spacial score (nSPS) is 19.9. The molecule has 2 heterocycles. The zero-order chi connectivity index (χ0) is 18.9. The van der Waals surface area contributed by atoms with Crippen LogP contribution in [0.1, 0.15) is 23.1 Å². The molecule has 0 aliphatic carbocycles. The van der Waals surface area contributed by atoms with Crippen molar-refractivity contribution >= 4 is 11.7 Å². The zero-order valence-corrected chi connectivity index (χ0v) is 13.3. The predicted molar refractivity (Wildman–Crippen MR) is 82.4 cm³/mol. The number of hydrogen-bond donors (Lipinski definition) is 2. The number of hydrogen-bond acceptors (Lipinski definition) is 5. The lowest BCUT2D eigenvalue weighted by Crippen LogP contribution is -2.45. The van der Waals surface area contributed by atoms with Crippen LogP contribution < -0.4 is 0 Å². The minimum absolute atomic E-state index is 0.00523. The smallest absolute Gasteiger partial charge is 0.458 e.